The molecule has 3 heterocycles. The predicted octanol–water partition coefficient (Wildman–Crippen LogP) is 9.56. The van der Waals surface area contributed by atoms with Crippen molar-refractivity contribution in [2.45, 2.75) is 109 Å². The van der Waals surface area contributed by atoms with Crippen LogP contribution in [0.4, 0.5) is 4.79 Å². The van der Waals surface area contributed by atoms with Crippen LogP contribution in [0.15, 0.2) is 76.2 Å². The van der Waals surface area contributed by atoms with Crippen molar-refractivity contribution in [3.05, 3.63) is 93.5 Å². The Morgan fingerprint density at radius 3 is 2.19 bits per heavy atom. The molecular formula is C44H52N4O8SSi. The number of aromatic nitrogens is 3. The van der Waals surface area contributed by atoms with E-state index in [1.54, 1.807) is 57.2 Å². The number of ether oxygens (including phenoxy) is 3. The van der Waals surface area contributed by atoms with E-state index in [1.165, 1.54) is 22.2 Å². The maximum absolute atomic E-state index is 15.2. The van der Waals surface area contributed by atoms with Crippen LogP contribution in [0.1, 0.15) is 85.4 Å². The lowest BCUT2D eigenvalue weighted by molar-refractivity contribution is 0.0248. The third-order valence-electron chi connectivity index (χ3n) is 11.2. The molecule has 1 aliphatic carbocycles. The minimum Gasteiger partial charge on any atom is -0.541 e. The average Bonchev–Trinajstić information content (AvgIpc) is 3.75. The maximum atomic E-state index is 15.2. The van der Waals surface area contributed by atoms with Gasteiger partial charge in [-0.15, -0.1) is 0 Å². The van der Waals surface area contributed by atoms with Crippen LogP contribution in [-0.4, -0.2) is 61.1 Å². The first-order valence-corrected chi connectivity index (χ1v) is 23.3. The van der Waals surface area contributed by atoms with E-state index in [0.29, 0.717) is 52.1 Å². The number of benzene rings is 2. The zero-order chi connectivity index (χ0) is 42.1. The molecule has 306 valence electrons. The Bertz CT molecular complexity index is 2640. The number of aryl methyl sites for hydroxylation is 2. The fourth-order valence-corrected chi connectivity index (χ4v) is 15.3. The predicted molar refractivity (Wildman–Crippen MR) is 228 cm³/mol. The second kappa shape index (κ2) is 14.9. The maximum Gasteiger partial charge on any atom is 0.417 e. The summed E-state index contributed by atoms with van der Waals surface area (Å²) in [6, 6.07) is 15.8. The van der Waals surface area contributed by atoms with Gasteiger partial charge in [0.15, 0.2) is 6.73 Å². The molecule has 2 aliphatic rings. The number of hydrogen-bond donors (Lipinski definition) is 0. The number of amides is 1. The molecule has 5 aromatic rings. The largest absolute Gasteiger partial charge is 0.541 e. The highest BCUT2D eigenvalue weighted by Gasteiger charge is 2.48. The summed E-state index contributed by atoms with van der Waals surface area (Å²) in [5.74, 6) is 0.935. The molecule has 58 heavy (non-hydrogen) atoms. The average molecular weight is 825 g/mol. The number of rotatable bonds is 9. The fourth-order valence-electron chi connectivity index (χ4n) is 8.67. The zero-order valence-corrected chi connectivity index (χ0v) is 36.9. The summed E-state index contributed by atoms with van der Waals surface area (Å²) in [6.45, 7) is 20.2. The lowest BCUT2D eigenvalue weighted by atomic mass is 9.95. The standard InChI is InChI=1S/C44H52N4O8SSi/c1-25(2)58(26(3)4,27(5)6)56-35-22-29-18-21-34-40(47(24-54-34)43(50)55-44(8,9)10)36(29)41(49)39-38(35)45-37(42(46-39)53-11)32-23-48(33-15-13-12-14-31(32)33)57(51,52)30-19-16-28(7)17-20-30/h12-17,19-20,22-23,25-27H,18,21,24H2,1-11H3. The second-order valence-electron chi connectivity index (χ2n) is 17.1. The molecule has 3 aromatic carbocycles. The van der Waals surface area contributed by atoms with Crippen LogP contribution in [0.5, 0.6) is 11.6 Å². The van der Waals surface area contributed by atoms with Crippen molar-refractivity contribution in [3.8, 4) is 22.9 Å². The van der Waals surface area contributed by atoms with Gasteiger partial charge in [-0.2, -0.15) is 0 Å². The minimum absolute atomic E-state index is 0.0166. The molecule has 0 saturated carbocycles. The van der Waals surface area contributed by atoms with E-state index in [4.69, 9.17) is 28.6 Å². The summed E-state index contributed by atoms with van der Waals surface area (Å²) in [4.78, 5) is 40.4. The van der Waals surface area contributed by atoms with Crippen molar-refractivity contribution < 1.29 is 31.8 Å². The number of allylic oxidation sites excluding steroid dienone is 1. The van der Waals surface area contributed by atoms with E-state index in [2.05, 4.69) is 41.5 Å². The molecule has 0 unspecified atom stereocenters. The molecule has 7 rings (SSSR count). The van der Waals surface area contributed by atoms with Gasteiger partial charge in [0.2, 0.25) is 11.3 Å². The van der Waals surface area contributed by atoms with E-state index in [9.17, 15) is 13.2 Å². The summed E-state index contributed by atoms with van der Waals surface area (Å²) < 4.78 is 54.8. The van der Waals surface area contributed by atoms with Gasteiger partial charge in [0.05, 0.1) is 28.8 Å². The molecule has 0 bridgehead atoms. The highest BCUT2D eigenvalue weighted by Crippen LogP contribution is 2.46. The van der Waals surface area contributed by atoms with Crippen molar-refractivity contribution in [2.75, 3.05) is 13.8 Å². The van der Waals surface area contributed by atoms with Crippen LogP contribution >= 0.6 is 0 Å². The molecule has 12 nitrogen and oxygen atoms in total. The Morgan fingerprint density at radius 2 is 1.57 bits per heavy atom. The molecule has 0 saturated heterocycles. The van der Waals surface area contributed by atoms with Crippen molar-refractivity contribution >= 4 is 52.1 Å². The van der Waals surface area contributed by atoms with Crippen LogP contribution in [0.2, 0.25) is 16.6 Å². The topological polar surface area (TPSA) is 139 Å². The van der Waals surface area contributed by atoms with Crippen molar-refractivity contribution in [1.82, 2.24) is 18.8 Å². The molecule has 0 spiro atoms. The Kier molecular flexibility index (Phi) is 10.5. The molecule has 14 heteroatoms. The van der Waals surface area contributed by atoms with Crippen LogP contribution < -0.4 is 14.6 Å². The Hall–Kier alpha value is -5.21. The third-order valence-corrected chi connectivity index (χ3v) is 18.9. The molecule has 1 amide bonds. The van der Waals surface area contributed by atoms with Crippen LogP contribution in [0, 0.1) is 6.92 Å². The lowest BCUT2D eigenvalue weighted by Crippen LogP contribution is -2.50. The van der Waals surface area contributed by atoms with Crippen molar-refractivity contribution in [1.29, 1.82) is 0 Å². The Labute approximate surface area is 341 Å². The van der Waals surface area contributed by atoms with Gasteiger partial charge in [0.1, 0.15) is 33.8 Å². The lowest BCUT2D eigenvalue weighted by Gasteiger charge is -2.42. The highest BCUT2D eigenvalue weighted by atomic mass is 32.2. The van der Waals surface area contributed by atoms with Crippen molar-refractivity contribution in [2.24, 2.45) is 0 Å². The minimum atomic E-state index is -4.05. The van der Waals surface area contributed by atoms with Gasteiger partial charge < -0.3 is 18.6 Å². The quantitative estimate of drug-likeness (QED) is 0.132. The first-order chi connectivity index (χ1) is 27.3. The number of fused-ring (bicyclic) bond motifs is 4. The van der Waals surface area contributed by atoms with E-state index >= 15 is 4.79 Å². The number of methoxy groups -OCH3 is 1. The summed E-state index contributed by atoms with van der Waals surface area (Å²) >= 11 is 0. The van der Waals surface area contributed by atoms with Gasteiger partial charge in [-0.05, 0) is 80.6 Å². The third kappa shape index (κ3) is 6.83. The zero-order valence-electron chi connectivity index (χ0n) is 35.1. The Morgan fingerprint density at radius 1 is 0.914 bits per heavy atom. The van der Waals surface area contributed by atoms with E-state index < -0.39 is 35.5 Å². The summed E-state index contributed by atoms with van der Waals surface area (Å²) in [6.07, 6.45) is 1.79. The summed E-state index contributed by atoms with van der Waals surface area (Å²) in [7, 11) is -5.32. The molecule has 0 N–H and O–H groups in total. The molecular weight excluding hydrogens is 773 g/mol. The highest BCUT2D eigenvalue weighted by molar-refractivity contribution is 7.90. The van der Waals surface area contributed by atoms with Crippen molar-refractivity contribution in [3.63, 3.8) is 0 Å². The van der Waals surface area contributed by atoms with Gasteiger partial charge in [-0.25, -0.2) is 32.1 Å². The SMILES string of the molecule is COc1nc2c(=O)c3c(cc(O[Si](C(C)C)(C(C)C)C(C)C)c2nc1-c1cn(S(=O)(=O)c2ccc(C)cc2)c2ccccc12)CCC1=C3N(C(=O)OC(C)(C)C)CO1. The Balaban J connectivity index is 1.55. The van der Waals surface area contributed by atoms with Crippen LogP contribution in [-0.2, 0) is 25.9 Å². The summed E-state index contributed by atoms with van der Waals surface area (Å²) in [5, 5.41) is 0.593. The molecule has 0 radical (unpaired) electrons. The normalized spacial score (nSPS) is 14.7. The van der Waals surface area contributed by atoms with Gasteiger partial charge >= 0.3 is 6.09 Å². The number of hydrogen-bond acceptors (Lipinski definition) is 10. The number of carbonyl (C=O) groups excluding carboxylic acids is 1. The van der Waals surface area contributed by atoms with Crippen LogP contribution in [0.25, 0.3) is 38.9 Å². The first kappa shape index (κ1) is 41.0. The van der Waals surface area contributed by atoms with E-state index in [-0.39, 0.29) is 56.4 Å². The fraction of sp³-hybridized carbons (Fsp3) is 0.409. The van der Waals surface area contributed by atoms with Crippen LogP contribution in [0.3, 0.4) is 0 Å². The number of para-hydroxylation sites is 1. The molecule has 0 atom stereocenters. The van der Waals surface area contributed by atoms with Gasteiger partial charge in [-0.1, -0.05) is 77.4 Å². The first-order valence-electron chi connectivity index (χ1n) is 19.7. The number of carbonyl (C=O) groups is 1. The molecule has 1 aliphatic heterocycles. The second-order valence-corrected chi connectivity index (χ2v) is 24.3. The van der Waals surface area contributed by atoms with E-state index in [1.807, 2.05) is 25.1 Å². The van der Waals surface area contributed by atoms with E-state index in [0.717, 1.165) is 5.56 Å². The smallest absolute Gasteiger partial charge is 0.417 e. The van der Waals surface area contributed by atoms with Gasteiger partial charge in [-0.3, -0.25) is 4.79 Å². The number of nitrogens with zero attached hydrogens (tertiary/aromatic N) is 4. The molecule has 2 aromatic heterocycles. The van der Waals surface area contributed by atoms with Gasteiger partial charge in [0.25, 0.3) is 18.3 Å². The summed E-state index contributed by atoms with van der Waals surface area (Å²) in [5.41, 5.74) is 2.77. The monoisotopic (exact) mass is 824 g/mol. The van der Waals surface area contributed by atoms with Gasteiger partial charge in [0, 0.05) is 23.6 Å². The molecule has 0 fully saturated rings.